The predicted octanol–water partition coefficient (Wildman–Crippen LogP) is 1.43. The molecule has 1 aliphatic heterocycles. The molecule has 1 saturated heterocycles. The maximum absolute atomic E-state index is 3.92. The van der Waals surface area contributed by atoms with Crippen LogP contribution in [-0.4, -0.2) is 24.1 Å². The summed E-state index contributed by atoms with van der Waals surface area (Å²) in [7, 11) is 0. The monoisotopic (exact) mass is 155 g/mol. The van der Waals surface area contributed by atoms with E-state index in [4.69, 9.17) is 0 Å². The summed E-state index contributed by atoms with van der Waals surface area (Å²) in [5.41, 5.74) is 1.15. The third kappa shape index (κ3) is 1.89. The van der Waals surface area contributed by atoms with Gasteiger partial charge >= 0.3 is 0 Å². The van der Waals surface area contributed by atoms with Crippen molar-refractivity contribution in [2.45, 2.75) is 5.25 Å². The normalized spacial score (nSPS) is 25.8. The fourth-order valence-corrected chi connectivity index (χ4v) is 2.03. The molecule has 1 nitrogen and oxygen atoms in total. The van der Waals surface area contributed by atoms with Gasteiger partial charge in [-0.3, -0.25) is 0 Å². The van der Waals surface area contributed by atoms with Crippen LogP contribution in [-0.2, 0) is 0 Å². The van der Waals surface area contributed by atoms with Gasteiger partial charge in [-0.2, -0.15) is 11.8 Å². The molecule has 1 rings (SSSR count). The summed E-state index contributed by atoms with van der Waals surface area (Å²) in [6.45, 7) is 9.79. The molecule has 1 atom stereocenters. The Labute approximate surface area is 66.6 Å². The molecule has 1 aliphatic rings. The Morgan fingerprint density at radius 1 is 1.70 bits per heavy atom. The first-order chi connectivity index (χ1) is 4.84. The van der Waals surface area contributed by atoms with Crippen molar-refractivity contribution in [3.8, 4) is 0 Å². The number of allylic oxidation sites excluding steroid dienone is 1. The molecule has 2 heteroatoms. The first-order valence-corrected chi connectivity index (χ1v) is 4.53. The summed E-state index contributed by atoms with van der Waals surface area (Å²) in [5.74, 6) is 1.19. The van der Waals surface area contributed by atoms with E-state index in [1.54, 1.807) is 0 Å². The summed E-state index contributed by atoms with van der Waals surface area (Å²) in [6.07, 6.45) is 1.85. The summed E-state index contributed by atoms with van der Waals surface area (Å²) >= 11 is 1.96. The summed E-state index contributed by atoms with van der Waals surface area (Å²) in [5, 5.41) is 3.88. The molecule has 1 fully saturated rings. The molecule has 0 aromatic carbocycles. The second-order valence-corrected chi connectivity index (χ2v) is 3.65. The highest BCUT2D eigenvalue weighted by molar-refractivity contribution is 8.00. The maximum Gasteiger partial charge on any atom is 0.0416 e. The van der Waals surface area contributed by atoms with Crippen LogP contribution in [0.15, 0.2) is 24.8 Å². The molecule has 10 heavy (non-hydrogen) atoms. The van der Waals surface area contributed by atoms with Gasteiger partial charge in [-0.15, -0.1) is 0 Å². The van der Waals surface area contributed by atoms with Gasteiger partial charge in [-0.25, -0.2) is 0 Å². The van der Waals surface area contributed by atoms with Crippen molar-refractivity contribution in [2.75, 3.05) is 18.8 Å². The van der Waals surface area contributed by atoms with Crippen molar-refractivity contribution >= 4 is 11.8 Å². The number of hydrogen-bond acceptors (Lipinski definition) is 2. The standard InChI is InChI=1S/C8H13NS/c1-3-7(2)8-6-9-4-5-10-8/h3,8-9H,1-2,4-6H2. The minimum atomic E-state index is 0.561. The van der Waals surface area contributed by atoms with Crippen molar-refractivity contribution in [3.05, 3.63) is 24.8 Å². The van der Waals surface area contributed by atoms with Crippen LogP contribution in [0.3, 0.4) is 0 Å². The molecule has 0 aromatic rings. The number of rotatable bonds is 2. The average molecular weight is 155 g/mol. The number of nitrogens with one attached hydrogen (secondary N) is 1. The smallest absolute Gasteiger partial charge is 0.0416 e. The van der Waals surface area contributed by atoms with Gasteiger partial charge in [0.15, 0.2) is 0 Å². The highest BCUT2D eigenvalue weighted by atomic mass is 32.2. The minimum Gasteiger partial charge on any atom is -0.314 e. The van der Waals surface area contributed by atoms with Gasteiger partial charge < -0.3 is 5.32 Å². The zero-order chi connectivity index (χ0) is 7.40. The Morgan fingerprint density at radius 2 is 2.50 bits per heavy atom. The van der Waals surface area contributed by atoms with Crippen molar-refractivity contribution in [1.29, 1.82) is 0 Å². The Bertz CT molecular complexity index is 136. The van der Waals surface area contributed by atoms with Gasteiger partial charge in [0.05, 0.1) is 0 Å². The zero-order valence-corrected chi connectivity index (χ0v) is 6.91. The lowest BCUT2D eigenvalue weighted by Gasteiger charge is -2.22. The summed E-state index contributed by atoms with van der Waals surface area (Å²) < 4.78 is 0. The zero-order valence-electron chi connectivity index (χ0n) is 6.10. The largest absolute Gasteiger partial charge is 0.314 e. The van der Waals surface area contributed by atoms with Crippen molar-refractivity contribution in [3.63, 3.8) is 0 Å². The van der Waals surface area contributed by atoms with Crippen LogP contribution < -0.4 is 5.32 Å². The van der Waals surface area contributed by atoms with Gasteiger partial charge in [0.25, 0.3) is 0 Å². The van der Waals surface area contributed by atoms with Gasteiger partial charge in [0, 0.05) is 24.1 Å². The lowest BCUT2D eigenvalue weighted by Crippen LogP contribution is -2.33. The minimum absolute atomic E-state index is 0.561. The molecule has 0 amide bonds. The molecule has 0 radical (unpaired) electrons. The van der Waals surface area contributed by atoms with E-state index in [1.807, 2.05) is 17.8 Å². The SMILES string of the molecule is C=CC(=C)C1CNCCS1. The highest BCUT2D eigenvalue weighted by Gasteiger charge is 2.13. The summed E-state index contributed by atoms with van der Waals surface area (Å²) in [6, 6.07) is 0. The molecule has 56 valence electrons. The van der Waals surface area contributed by atoms with Gasteiger partial charge in [-0.1, -0.05) is 19.2 Å². The second-order valence-electron chi connectivity index (χ2n) is 2.34. The quantitative estimate of drug-likeness (QED) is 0.605. The molecule has 1 unspecified atom stereocenters. The van der Waals surface area contributed by atoms with Gasteiger partial charge in [0.1, 0.15) is 0 Å². The van der Waals surface area contributed by atoms with E-state index in [1.165, 1.54) is 5.75 Å². The average Bonchev–Trinajstić information content (AvgIpc) is 2.05. The van der Waals surface area contributed by atoms with E-state index in [0.717, 1.165) is 18.7 Å². The Hall–Kier alpha value is -0.210. The Morgan fingerprint density at radius 3 is 3.00 bits per heavy atom. The molecule has 0 spiro atoms. The topological polar surface area (TPSA) is 12.0 Å². The van der Waals surface area contributed by atoms with Crippen LogP contribution in [0.25, 0.3) is 0 Å². The Balaban J connectivity index is 2.38. The Kier molecular flexibility index (Phi) is 3.03. The third-order valence-electron chi connectivity index (χ3n) is 1.60. The molecule has 0 bridgehead atoms. The molecule has 1 N–H and O–H groups in total. The molecule has 0 aromatic heterocycles. The van der Waals surface area contributed by atoms with Gasteiger partial charge in [0.2, 0.25) is 0 Å². The van der Waals surface area contributed by atoms with Crippen LogP contribution in [0.5, 0.6) is 0 Å². The molecule has 1 heterocycles. The molecular formula is C8H13NS. The maximum atomic E-state index is 3.92. The van der Waals surface area contributed by atoms with Crippen molar-refractivity contribution in [1.82, 2.24) is 5.32 Å². The lowest BCUT2D eigenvalue weighted by atomic mass is 10.2. The third-order valence-corrected chi connectivity index (χ3v) is 2.91. The van der Waals surface area contributed by atoms with E-state index < -0.39 is 0 Å². The van der Waals surface area contributed by atoms with Crippen LogP contribution in [0.2, 0.25) is 0 Å². The van der Waals surface area contributed by atoms with E-state index >= 15 is 0 Å². The first kappa shape index (κ1) is 7.89. The summed E-state index contributed by atoms with van der Waals surface area (Å²) in [4.78, 5) is 0. The number of hydrogen-bond donors (Lipinski definition) is 1. The van der Waals surface area contributed by atoms with Crippen molar-refractivity contribution in [2.24, 2.45) is 0 Å². The fourth-order valence-electron chi connectivity index (χ4n) is 0.935. The van der Waals surface area contributed by atoms with E-state index in [-0.39, 0.29) is 0 Å². The van der Waals surface area contributed by atoms with Crippen LogP contribution in [0, 0.1) is 0 Å². The van der Waals surface area contributed by atoms with Crippen molar-refractivity contribution < 1.29 is 0 Å². The van der Waals surface area contributed by atoms with Crippen LogP contribution in [0.4, 0.5) is 0 Å². The van der Waals surface area contributed by atoms with Crippen LogP contribution >= 0.6 is 11.8 Å². The number of thioether (sulfide) groups is 1. The fraction of sp³-hybridized carbons (Fsp3) is 0.500. The molecular weight excluding hydrogens is 142 g/mol. The van der Waals surface area contributed by atoms with E-state index in [2.05, 4.69) is 18.5 Å². The molecule has 0 saturated carbocycles. The second kappa shape index (κ2) is 3.84. The van der Waals surface area contributed by atoms with Crippen LogP contribution in [0.1, 0.15) is 0 Å². The van der Waals surface area contributed by atoms with E-state index in [0.29, 0.717) is 5.25 Å². The highest BCUT2D eigenvalue weighted by Crippen LogP contribution is 2.20. The van der Waals surface area contributed by atoms with E-state index in [9.17, 15) is 0 Å². The predicted molar refractivity (Wildman–Crippen MR) is 48.5 cm³/mol. The lowest BCUT2D eigenvalue weighted by molar-refractivity contribution is 0.710. The first-order valence-electron chi connectivity index (χ1n) is 3.48. The van der Waals surface area contributed by atoms with Gasteiger partial charge in [-0.05, 0) is 5.57 Å². The molecule has 0 aliphatic carbocycles.